The van der Waals surface area contributed by atoms with Crippen molar-refractivity contribution in [2.24, 2.45) is 5.92 Å². The average molecular weight is 727 g/mol. The molecule has 0 bridgehead atoms. The zero-order chi connectivity index (χ0) is 37.7. The third kappa shape index (κ3) is 11.7. The van der Waals surface area contributed by atoms with Crippen molar-refractivity contribution in [3.8, 4) is 0 Å². The second-order valence-corrected chi connectivity index (χ2v) is 14.1. The Morgan fingerprint density at radius 3 is 2.23 bits per heavy atom. The topological polar surface area (TPSA) is 107 Å². The van der Waals surface area contributed by atoms with E-state index in [0.717, 1.165) is 68.7 Å². The van der Waals surface area contributed by atoms with Crippen LogP contribution in [0.1, 0.15) is 88.8 Å². The number of nitrogens with one attached hydrogen (secondary N) is 3. The Morgan fingerprint density at radius 2 is 1.67 bits per heavy atom. The van der Waals surface area contributed by atoms with Gasteiger partial charge in [0.05, 0.1) is 29.3 Å². The molecule has 1 saturated carbocycles. The molecular weight excluding hydrogens is 662 g/mol. The Bertz CT molecular complexity index is 1520. The molecule has 1 atom stereocenters. The number of aromatic nitrogens is 6. The number of alkyl halides is 2. The Labute approximate surface area is 310 Å². The van der Waals surface area contributed by atoms with E-state index in [2.05, 4.69) is 63.0 Å². The molecule has 3 aliphatic heterocycles. The normalized spacial score (nSPS) is 20.3. The van der Waals surface area contributed by atoms with Crippen LogP contribution >= 0.6 is 0 Å². The third-order valence-corrected chi connectivity index (χ3v) is 10.1. The van der Waals surface area contributed by atoms with Crippen molar-refractivity contribution in [1.82, 2.24) is 55.1 Å². The van der Waals surface area contributed by atoms with Crippen molar-refractivity contribution in [2.45, 2.75) is 91.1 Å². The van der Waals surface area contributed by atoms with Crippen LogP contribution in [-0.4, -0.2) is 118 Å². The summed E-state index contributed by atoms with van der Waals surface area (Å²) in [6.45, 7) is 26.3. The van der Waals surface area contributed by atoms with E-state index in [9.17, 15) is 8.78 Å². The van der Waals surface area contributed by atoms with Gasteiger partial charge in [0.1, 0.15) is 5.69 Å². The SMILES string of the molecule is C=C(NC(c1cn2nc(C)c(N3CCN(C)CC3)nc2n1)C1CCC(F)(F)CC1)c1ccnn1CC.C=C1CCCCN1.CC.CN1CCNCC1. The summed E-state index contributed by atoms with van der Waals surface area (Å²) in [6, 6.07) is 1.62. The predicted molar refractivity (Wildman–Crippen MR) is 208 cm³/mol. The Balaban J connectivity index is 0.000000311. The van der Waals surface area contributed by atoms with Gasteiger partial charge in [-0.2, -0.15) is 15.2 Å². The van der Waals surface area contributed by atoms with E-state index in [-0.39, 0.29) is 24.8 Å². The monoisotopic (exact) mass is 727 g/mol. The van der Waals surface area contributed by atoms with Crippen molar-refractivity contribution >= 4 is 17.3 Å². The van der Waals surface area contributed by atoms with E-state index < -0.39 is 5.92 Å². The predicted octanol–water partition coefficient (Wildman–Crippen LogP) is 5.35. The number of halogens is 2. The molecule has 0 amide bonds. The van der Waals surface area contributed by atoms with Gasteiger partial charge in [0.2, 0.25) is 5.92 Å². The number of anilines is 1. The minimum absolute atomic E-state index is 0.0116. The summed E-state index contributed by atoms with van der Waals surface area (Å²) in [4.78, 5) is 16.6. The average Bonchev–Trinajstić information content (AvgIpc) is 3.80. The van der Waals surface area contributed by atoms with Crippen molar-refractivity contribution < 1.29 is 8.78 Å². The molecule has 1 aliphatic carbocycles. The summed E-state index contributed by atoms with van der Waals surface area (Å²) < 4.78 is 31.5. The van der Waals surface area contributed by atoms with Crippen molar-refractivity contribution in [3.05, 3.63) is 54.4 Å². The second kappa shape index (κ2) is 20.0. The van der Waals surface area contributed by atoms with Crippen LogP contribution in [0.3, 0.4) is 0 Å². The van der Waals surface area contributed by atoms with Gasteiger partial charge in [0, 0.05) is 90.2 Å². The van der Waals surface area contributed by atoms with Gasteiger partial charge in [-0.25, -0.2) is 18.3 Å². The molecule has 3 N–H and O–H groups in total. The number of nitrogens with zero attached hydrogens (tertiary/aromatic N) is 9. The highest BCUT2D eigenvalue weighted by molar-refractivity contribution is 5.59. The van der Waals surface area contributed by atoms with Crippen LogP contribution in [0.5, 0.6) is 0 Å². The van der Waals surface area contributed by atoms with Crippen molar-refractivity contribution in [1.29, 1.82) is 0 Å². The molecule has 1 unspecified atom stereocenters. The largest absolute Gasteiger partial charge is 0.389 e. The molecule has 3 aromatic heterocycles. The van der Waals surface area contributed by atoms with Crippen LogP contribution in [0.4, 0.5) is 14.6 Å². The Morgan fingerprint density at radius 1 is 1.00 bits per heavy atom. The van der Waals surface area contributed by atoms with Crippen LogP contribution < -0.4 is 20.9 Å². The van der Waals surface area contributed by atoms with E-state index >= 15 is 0 Å². The zero-order valence-corrected chi connectivity index (χ0v) is 32.6. The lowest BCUT2D eigenvalue weighted by Crippen LogP contribution is -2.45. The number of piperidine rings is 1. The quantitative estimate of drug-likeness (QED) is 0.295. The molecular formula is C38H64F2N12. The summed E-state index contributed by atoms with van der Waals surface area (Å²) in [5, 5.41) is 19.1. The van der Waals surface area contributed by atoms with E-state index in [1.54, 1.807) is 10.7 Å². The number of hydrogen-bond acceptors (Lipinski definition) is 10. The molecule has 7 rings (SSSR count). The molecule has 4 aliphatic rings. The minimum Gasteiger partial charge on any atom is -0.389 e. The van der Waals surface area contributed by atoms with Crippen LogP contribution in [0.2, 0.25) is 0 Å². The first-order valence-electron chi connectivity index (χ1n) is 19.4. The summed E-state index contributed by atoms with van der Waals surface area (Å²) in [7, 11) is 4.27. The maximum Gasteiger partial charge on any atom is 0.252 e. The standard InChI is InChI=1S/C25H35F2N9.C6H11N.C5H12N2.C2H6/c1-5-35-21(8-11-28-35)17(2)29-22(19-6-9-25(26,27)10-7-19)20-16-36-24(30-20)31-23(18(3)32-36)34-14-12-33(4)13-15-34;1-6-4-2-3-5-7-6;1-7-4-2-6-3-5-7;1-2/h8,11,16,19,22,29H,2,5-7,9-10,12-15H2,1,3-4H3;7H,1-5H2;6H,2-5H2,1H3;1-2H3. The van der Waals surface area contributed by atoms with Gasteiger partial charge in [-0.1, -0.05) is 27.0 Å². The van der Waals surface area contributed by atoms with Crippen molar-refractivity contribution in [3.63, 3.8) is 0 Å². The fraction of sp³-hybridized carbons (Fsp3) is 0.684. The molecule has 0 spiro atoms. The van der Waals surface area contributed by atoms with Crippen LogP contribution in [0, 0.1) is 12.8 Å². The molecule has 3 saturated heterocycles. The number of imidazole rings is 1. The smallest absolute Gasteiger partial charge is 0.252 e. The lowest BCUT2D eigenvalue weighted by Gasteiger charge is -2.34. The van der Waals surface area contributed by atoms with Gasteiger partial charge in [-0.05, 0) is 72.0 Å². The number of aryl methyl sites for hydroxylation is 2. The Hall–Kier alpha value is -3.62. The van der Waals surface area contributed by atoms with Gasteiger partial charge < -0.3 is 30.7 Å². The molecule has 290 valence electrons. The van der Waals surface area contributed by atoms with Gasteiger partial charge in [-0.15, -0.1) is 0 Å². The molecule has 12 nitrogen and oxygen atoms in total. The van der Waals surface area contributed by atoms with Crippen molar-refractivity contribution in [2.75, 3.05) is 77.9 Å². The van der Waals surface area contributed by atoms with Gasteiger partial charge >= 0.3 is 0 Å². The van der Waals surface area contributed by atoms with E-state index in [1.165, 1.54) is 38.0 Å². The number of piperazine rings is 2. The summed E-state index contributed by atoms with van der Waals surface area (Å²) in [5.41, 5.74) is 4.37. The highest BCUT2D eigenvalue weighted by Gasteiger charge is 2.39. The molecule has 4 fully saturated rings. The number of fused-ring (bicyclic) bond motifs is 1. The maximum atomic E-state index is 14.0. The van der Waals surface area contributed by atoms with Gasteiger partial charge in [0.25, 0.3) is 5.78 Å². The summed E-state index contributed by atoms with van der Waals surface area (Å²) >= 11 is 0. The summed E-state index contributed by atoms with van der Waals surface area (Å²) in [5.74, 6) is -1.25. The lowest BCUT2D eigenvalue weighted by atomic mass is 9.81. The molecule has 52 heavy (non-hydrogen) atoms. The number of hydrogen-bond donors (Lipinski definition) is 3. The number of allylic oxidation sites excluding steroid dienone is 1. The molecule has 14 heteroatoms. The fourth-order valence-corrected chi connectivity index (χ4v) is 6.90. The van der Waals surface area contributed by atoms with E-state index in [1.807, 2.05) is 44.6 Å². The maximum absolute atomic E-state index is 14.0. The second-order valence-electron chi connectivity index (χ2n) is 14.1. The van der Waals surface area contributed by atoms with Crippen LogP contribution in [0.25, 0.3) is 11.5 Å². The third-order valence-electron chi connectivity index (χ3n) is 10.1. The van der Waals surface area contributed by atoms with E-state index in [0.29, 0.717) is 30.9 Å². The minimum atomic E-state index is -2.60. The van der Waals surface area contributed by atoms with Crippen LogP contribution in [0.15, 0.2) is 37.3 Å². The molecule has 3 aromatic rings. The first kappa shape index (κ1) is 41.1. The highest BCUT2D eigenvalue weighted by Crippen LogP contribution is 2.42. The van der Waals surface area contributed by atoms with Gasteiger partial charge in [0.15, 0.2) is 5.82 Å². The molecule has 0 radical (unpaired) electrons. The number of likely N-dealkylation sites (N-methyl/N-ethyl adjacent to an activating group) is 2. The number of rotatable bonds is 7. The highest BCUT2D eigenvalue weighted by atomic mass is 19.3. The first-order chi connectivity index (χ1) is 25.0. The molecule has 6 heterocycles. The van der Waals surface area contributed by atoms with Crippen LogP contribution in [-0.2, 0) is 6.54 Å². The zero-order valence-electron chi connectivity index (χ0n) is 32.6. The Kier molecular flexibility index (Phi) is 15.8. The molecule has 0 aromatic carbocycles. The first-order valence-corrected chi connectivity index (χ1v) is 19.4. The lowest BCUT2D eigenvalue weighted by molar-refractivity contribution is -0.0493. The fourth-order valence-electron chi connectivity index (χ4n) is 6.90. The summed E-state index contributed by atoms with van der Waals surface area (Å²) in [6.07, 6.45) is 8.01. The van der Waals surface area contributed by atoms with E-state index in [4.69, 9.17) is 15.1 Å². The van der Waals surface area contributed by atoms with Gasteiger partial charge in [-0.3, -0.25) is 4.68 Å².